The molecule has 1 atom stereocenters. The first-order valence-electron chi connectivity index (χ1n) is 28.7. The molecule has 0 amide bonds. The molecule has 0 aliphatic carbocycles. The van der Waals surface area contributed by atoms with Gasteiger partial charge in [-0.05, 0) is 96.3 Å². The first kappa shape index (κ1) is 65.3. The van der Waals surface area contributed by atoms with Crippen LogP contribution >= 0.6 is 0 Å². The highest BCUT2D eigenvalue weighted by Gasteiger charge is 2.19. The van der Waals surface area contributed by atoms with E-state index in [-0.39, 0.29) is 31.1 Å². The number of hydrogen-bond donors (Lipinski definition) is 0. The van der Waals surface area contributed by atoms with Gasteiger partial charge >= 0.3 is 17.9 Å². The maximum atomic E-state index is 12.8. The summed E-state index contributed by atoms with van der Waals surface area (Å²) in [6, 6.07) is 0. The molecule has 0 aliphatic rings. The van der Waals surface area contributed by atoms with Crippen molar-refractivity contribution >= 4 is 17.9 Å². The highest BCUT2D eigenvalue weighted by Crippen LogP contribution is 2.15. The Bertz CT molecular complexity index is 1380. The molecule has 0 spiro atoms. The van der Waals surface area contributed by atoms with Gasteiger partial charge in [-0.2, -0.15) is 0 Å². The van der Waals surface area contributed by atoms with Gasteiger partial charge in [-0.1, -0.05) is 246 Å². The van der Waals surface area contributed by atoms with E-state index in [1.807, 2.05) is 0 Å². The minimum atomic E-state index is -0.795. The van der Waals surface area contributed by atoms with Crippen LogP contribution in [0.5, 0.6) is 0 Å². The number of hydrogen-bond acceptors (Lipinski definition) is 6. The van der Waals surface area contributed by atoms with E-state index >= 15 is 0 Å². The Balaban J connectivity index is 4.43. The second-order valence-corrected chi connectivity index (χ2v) is 18.8. The predicted octanol–water partition coefficient (Wildman–Crippen LogP) is 19.3. The Kier molecular flexibility index (Phi) is 53.9. The molecule has 394 valence electrons. The third-order valence-corrected chi connectivity index (χ3v) is 12.1. The van der Waals surface area contributed by atoms with E-state index in [1.165, 1.54) is 77.0 Å². The standard InChI is InChI=1S/C63H106O6/c1-4-7-10-13-16-19-22-25-28-29-30-31-32-33-36-38-41-44-47-50-53-56-62(65)68-59-60(69-63(66)57-54-51-48-45-42-39-35-27-24-21-18-15-12-9-6-3)58-67-61(64)55-52-49-46-43-40-37-34-26-23-20-17-14-11-8-5-2/h7,9-10,12,16,18-19,21,25,27-28,30-31,33,35-36,60H,4-6,8,11,13-15,17,20,22-24,26,29,32,34,37-59H2,1-3H3/b10-7-,12-9-,19-16-,21-18-,28-25-,31-30-,35-27-,36-33-. The third-order valence-electron chi connectivity index (χ3n) is 12.1. The molecule has 6 nitrogen and oxygen atoms in total. The van der Waals surface area contributed by atoms with Crippen molar-refractivity contribution in [1.82, 2.24) is 0 Å². The van der Waals surface area contributed by atoms with E-state index < -0.39 is 6.10 Å². The average Bonchev–Trinajstić information content (AvgIpc) is 3.35. The van der Waals surface area contributed by atoms with Gasteiger partial charge < -0.3 is 14.2 Å². The van der Waals surface area contributed by atoms with Gasteiger partial charge in [-0.15, -0.1) is 0 Å². The first-order chi connectivity index (χ1) is 34.0. The van der Waals surface area contributed by atoms with Crippen LogP contribution in [-0.2, 0) is 28.6 Å². The fourth-order valence-corrected chi connectivity index (χ4v) is 7.84. The summed E-state index contributed by atoms with van der Waals surface area (Å²) in [6.45, 7) is 6.40. The smallest absolute Gasteiger partial charge is 0.306 e. The lowest BCUT2D eigenvalue weighted by Gasteiger charge is -2.18. The minimum Gasteiger partial charge on any atom is -0.462 e. The molecule has 0 fully saturated rings. The van der Waals surface area contributed by atoms with E-state index in [9.17, 15) is 14.4 Å². The Morgan fingerprint density at radius 1 is 0.304 bits per heavy atom. The number of unbranched alkanes of at least 4 members (excludes halogenated alkanes) is 24. The molecule has 0 aromatic carbocycles. The summed E-state index contributed by atoms with van der Waals surface area (Å²) in [5.74, 6) is -0.921. The quantitative estimate of drug-likeness (QED) is 0.0262. The molecule has 6 heteroatoms. The Morgan fingerprint density at radius 3 is 0.884 bits per heavy atom. The summed E-state index contributed by atoms with van der Waals surface area (Å²) in [5.41, 5.74) is 0. The second-order valence-electron chi connectivity index (χ2n) is 18.8. The zero-order valence-electron chi connectivity index (χ0n) is 45.0. The van der Waals surface area contributed by atoms with Crippen molar-refractivity contribution in [2.45, 2.75) is 271 Å². The average molecular weight is 960 g/mol. The topological polar surface area (TPSA) is 78.9 Å². The molecular weight excluding hydrogens is 853 g/mol. The highest BCUT2D eigenvalue weighted by molar-refractivity contribution is 5.71. The normalized spacial score (nSPS) is 12.8. The molecule has 0 N–H and O–H groups in total. The summed E-state index contributed by atoms with van der Waals surface area (Å²) in [7, 11) is 0. The van der Waals surface area contributed by atoms with E-state index in [2.05, 4.69) is 118 Å². The van der Waals surface area contributed by atoms with Gasteiger partial charge in [0.1, 0.15) is 13.2 Å². The van der Waals surface area contributed by atoms with Crippen molar-refractivity contribution in [2.24, 2.45) is 0 Å². The third kappa shape index (κ3) is 55.1. The van der Waals surface area contributed by atoms with Crippen molar-refractivity contribution in [3.05, 3.63) is 97.2 Å². The largest absolute Gasteiger partial charge is 0.462 e. The molecule has 0 radical (unpaired) electrons. The van der Waals surface area contributed by atoms with Gasteiger partial charge in [0.25, 0.3) is 0 Å². The van der Waals surface area contributed by atoms with Crippen LogP contribution in [0.2, 0.25) is 0 Å². The van der Waals surface area contributed by atoms with Crippen molar-refractivity contribution in [3.63, 3.8) is 0 Å². The van der Waals surface area contributed by atoms with Crippen molar-refractivity contribution < 1.29 is 28.6 Å². The molecule has 1 unspecified atom stereocenters. The lowest BCUT2D eigenvalue weighted by atomic mass is 10.0. The van der Waals surface area contributed by atoms with Crippen molar-refractivity contribution in [2.75, 3.05) is 13.2 Å². The highest BCUT2D eigenvalue weighted by atomic mass is 16.6. The molecule has 0 aliphatic heterocycles. The SMILES string of the molecule is CC/C=C\C/C=C\C/C=C\C/C=C\C/C=C\CCCCCCCC(=O)OCC(COC(=O)CCCCCCCCCCCCCCCCC)OC(=O)CCCCCCC/C=C\C/C=C\C/C=C\CC. The molecule has 0 rings (SSSR count). The predicted molar refractivity (Wildman–Crippen MR) is 297 cm³/mol. The first-order valence-corrected chi connectivity index (χ1v) is 28.7. The molecule has 0 heterocycles. The van der Waals surface area contributed by atoms with Crippen LogP contribution in [0.4, 0.5) is 0 Å². The zero-order chi connectivity index (χ0) is 50.0. The van der Waals surface area contributed by atoms with Crippen molar-refractivity contribution in [1.29, 1.82) is 0 Å². The molecule has 0 aromatic rings. The summed E-state index contributed by atoms with van der Waals surface area (Å²) in [4.78, 5) is 38.2. The zero-order valence-corrected chi connectivity index (χ0v) is 45.0. The molecule has 0 aromatic heterocycles. The summed E-state index contributed by atoms with van der Waals surface area (Å²) in [5, 5.41) is 0. The second kappa shape index (κ2) is 56.9. The van der Waals surface area contributed by atoms with Gasteiger partial charge in [0.05, 0.1) is 0 Å². The number of esters is 3. The maximum Gasteiger partial charge on any atom is 0.306 e. The number of carbonyl (C=O) groups excluding carboxylic acids is 3. The van der Waals surface area contributed by atoms with Crippen LogP contribution in [0.3, 0.4) is 0 Å². The summed E-state index contributed by atoms with van der Waals surface area (Å²) < 4.78 is 16.8. The van der Waals surface area contributed by atoms with E-state index in [4.69, 9.17) is 14.2 Å². The number of carbonyl (C=O) groups is 3. The molecule has 0 saturated carbocycles. The number of rotatable bonds is 51. The molecule has 0 bridgehead atoms. The van der Waals surface area contributed by atoms with Gasteiger partial charge in [-0.25, -0.2) is 0 Å². The van der Waals surface area contributed by atoms with Gasteiger partial charge in [-0.3, -0.25) is 14.4 Å². The fourth-order valence-electron chi connectivity index (χ4n) is 7.84. The Morgan fingerprint density at radius 2 is 0.565 bits per heavy atom. The Labute approximate surface area is 426 Å². The van der Waals surface area contributed by atoms with E-state index in [0.29, 0.717) is 19.3 Å². The summed E-state index contributed by atoms with van der Waals surface area (Å²) in [6.07, 6.45) is 75.3. The van der Waals surface area contributed by atoms with Crippen LogP contribution in [-0.4, -0.2) is 37.2 Å². The van der Waals surface area contributed by atoms with Crippen LogP contribution < -0.4 is 0 Å². The van der Waals surface area contributed by atoms with Crippen molar-refractivity contribution in [3.8, 4) is 0 Å². The fraction of sp³-hybridized carbons (Fsp3) is 0.698. The maximum absolute atomic E-state index is 12.8. The number of allylic oxidation sites excluding steroid dienone is 16. The lowest BCUT2D eigenvalue weighted by Crippen LogP contribution is -2.30. The minimum absolute atomic E-state index is 0.0896. The number of ether oxygens (including phenoxy) is 3. The van der Waals surface area contributed by atoms with E-state index in [0.717, 1.165) is 148 Å². The molecule has 69 heavy (non-hydrogen) atoms. The van der Waals surface area contributed by atoms with Crippen LogP contribution in [0.1, 0.15) is 265 Å². The lowest BCUT2D eigenvalue weighted by molar-refractivity contribution is -0.167. The van der Waals surface area contributed by atoms with Crippen LogP contribution in [0.15, 0.2) is 97.2 Å². The molecular formula is C63H106O6. The van der Waals surface area contributed by atoms with E-state index in [1.54, 1.807) is 0 Å². The van der Waals surface area contributed by atoms with Gasteiger partial charge in [0.2, 0.25) is 0 Å². The van der Waals surface area contributed by atoms with Gasteiger partial charge in [0.15, 0.2) is 6.10 Å². The Hall–Kier alpha value is -3.67. The van der Waals surface area contributed by atoms with Crippen LogP contribution in [0, 0.1) is 0 Å². The molecule has 0 saturated heterocycles. The van der Waals surface area contributed by atoms with Gasteiger partial charge in [0, 0.05) is 19.3 Å². The van der Waals surface area contributed by atoms with Crippen LogP contribution in [0.25, 0.3) is 0 Å². The summed E-state index contributed by atoms with van der Waals surface area (Å²) >= 11 is 0. The monoisotopic (exact) mass is 959 g/mol.